The van der Waals surface area contributed by atoms with Crippen molar-refractivity contribution in [1.29, 1.82) is 0 Å². The molecule has 0 amide bonds. The Morgan fingerprint density at radius 2 is 1.59 bits per heavy atom. The molecule has 11 N–H and O–H groups in total. The van der Waals surface area contributed by atoms with Crippen LogP contribution in [0, 0.1) is 0 Å². The normalized spacial score (nSPS) is 50.3. The lowest BCUT2D eigenvalue weighted by atomic mass is 9.84. The first-order chi connectivity index (χ1) is 15.1. The van der Waals surface area contributed by atoms with Gasteiger partial charge in [-0.3, -0.25) is 0 Å². The molecular formula is C20H41N5O7. The van der Waals surface area contributed by atoms with E-state index in [9.17, 15) is 15.3 Å². The van der Waals surface area contributed by atoms with Crippen LogP contribution < -0.4 is 27.8 Å². The van der Waals surface area contributed by atoms with E-state index in [1.165, 1.54) is 0 Å². The van der Waals surface area contributed by atoms with Gasteiger partial charge in [0, 0.05) is 18.6 Å². The van der Waals surface area contributed by atoms with E-state index in [2.05, 4.69) is 10.6 Å². The summed E-state index contributed by atoms with van der Waals surface area (Å²) in [5.41, 5.74) is 17.4. The van der Waals surface area contributed by atoms with E-state index in [0.29, 0.717) is 13.0 Å². The fourth-order valence-corrected chi connectivity index (χ4v) is 4.90. The lowest BCUT2D eigenvalue weighted by Crippen LogP contribution is -2.68. The standard InChI is InChI=1S/C20H41N5O7/c1-20(28)8-29-19(14(27)17(20)25-3)32-16-12(23)6-11(22)15(13(16)26)31-18-10(21)5-4-9(30-18)7-24-2/h9-19,24-28H,4-8,21-23H2,1-3H3/t9?,10?,11?,12?,13?,14?,15?,16?,17?,18?,19?,20-/m0/s1. The van der Waals surface area contributed by atoms with Crippen molar-refractivity contribution in [3.8, 4) is 0 Å². The summed E-state index contributed by atoms with van der Waals surface area (Å²) in [6.07, 6.45) is -4.12. The van der Waals surface area contributed by atoms with Crippen LogP contribution in [-0.4, -0.2) is 115 Å². The molecule has 1 aliphatic carbocycles. The highest BCUT2D eigenvalue weighted by Gasteiger charge is 2.50. The van der Waals surface area contributed by atoms with Crippen LogP contribution >= 0.6 is 0 Å². The third-order valence-corrected chi connectivity index (χ3v) is 6.72. The monoisotopic (exact) mass is 463 g/mol. The third-order valence-electron chi connectivity index (χ3n) is 6.72. The number of hydrogen-bond donors (Lipinski definition) is 8. The maximum atomic E-state index is 11.1. The van der Waals surface area contributed by atoms with Gasteiger partial charge in [-0.25, -0.2) is 0 Å². The Bertz CT molecular complexity index is 603. The predicted molar refractivity (Wildman–Crippen MR) is 115 cm³/mol. The summed E-state index contributed by atoms with van der Waals surface area (Å²) in [5, 5.41) is 38.1. The highest BCUT2D eigenvalue weighted by atomic mass is 16.7. The molecule has 3 fully saturated rings. The molecule has 2 heterocycles. The largest absolute Gasteiger partial charge is 0.388 e. The van der Waals surface area contributed by atoms with Gasteiger partial charge in [-0.2, -0.15) is 0 Å². The van der Waals surface area contributed by atoms with Gasteiger partial charge in [0.05, 0.1) is 24.8 Å². The molecule has 11 unspecified atom stereocenters. The molecule has 0 aromatic carbocycles. The molecule has 188 valence electrons. The smallest absolute Gasteiger partial charge is 0.185 e. The van der Waals surface area contributed by atoms with Gasteiger partial charge in [-0.15, -0.1) is 0 Å². The summed E-state index contributed by atoms with van der Waals surface area (Å²) in [6, 6.07) is -2.20. The van der Waals surface area contributed by atoms with Crippen molar-refractivity contribution in [2.75, 3.05) is 27.2 Å². The Kier molecular flexibility index (Phi) is 8.86. The first-order valence-electron chi connectivity index (χ1n) is 11.3. The fraction of sp³-hybridized carbons (Fsp3) is 1.00. The summed E-state index contributed by atoms with van der Waals surface area (Å²) in [7, 11) is 3.47. The minimum atomic E-state index is -1.28. The van der Waals surface area contributed by atoms with E-state index in [4.69, 9.17) is 36.1 Å². The minimum absolute atomic E-state index is 0.0480. The van der Waals surface area contributed by atoms with E-state index < -0.39 is 60.7 Å². The average molecular weight is 464 g/mol. The van der Waals surface area contributed by atoms with Crippen LogP contribution in [0.2, 0.25) is 0 Å². The van der Waals surface area contributed by atoms with Crippen LogP contribution in [0.3, 0.4) is 0 Å². The molecular weight excluding hydrogens is 422 g/mol. The molecule has 3 aliphatic rings. The molecule has 0 spiro atoms. The molecule has 0 radical (unpaired) electrons. The Morgan fingerprint density at radius 3 is 2.19 bits per heavy atom. The molecule has 3 rings (SSSR count). The van der Waals surface area contributed by atoms with Gasteiger partial charge < -0.3 is 62.1 Å². The number of likely N-dealkylation sites (N-methyl/N-ethyl adjacent to an activating group) is 2. The van der Waals surface area contributed by atoms with E-state index in [1.54, 1.807) is 14.0 Å². The van der Waals surface area contributed by atoms with Crippen molar-refractivity contribution >= 4 is 0 Å². The Hall–Kier alpha value is -0.480. The zero-order chi connectivity index (χ0) is 23.6. The van der Waals surface area contributed by atoms with Gasteiger partial charge in [0.1, 0.15) is 30.0 Å². The topological polar surface area (TPSA) is 200 Å². The molecule has 2 aliphatic heterocycles. The fourth-order valence-electron chi connectivity index (χ4n) is 4.90. The summed E-state index contributed by atoms with van der Waals surface area (Å²) in [6.45, 7) is 2.16. The van der Waals surface area contributed by atoms with E-state index in [-0.39, 0.29) is 18.8 Å². The van der Waals surface area contributed by atoms with Gasteiger partial charge in [0.15, 0.2) is 12.6 Å². The summed E-state index contributed by atoms with van der Waals surface area (Å²) < 4.78 is 23.5. The quantitative estimate of drug-likeness (QED) is 0.184. The maximum absolute atomic E-state index is 11.1. The predicted octanol–water partition coefficient (Wildman–Crippen LogP) is -3.72. The number of hydrogen-bond acceptors (Lipinski definition) is 12. The second-order valence-electron chi connectivity index (χ2n) is 9.47. The Balaban J connectivity index is 1.67. The molecule has 12 heteroatoms. The van der Waals surface area contributed by atoms with Crippen molar-refractivity contribution in [2.24, 2.45) is 17.2 Å². The number of aliphatic hydroxyl groups is 3. The average Bonchev–Trinajstić information content (AvgIpc) is 2.72. The zero-order valence-electron chi connectivity index (χ0n) is 19.1. The number of rotatable bonds is 7. The van der Waals surface area contributed by atoms with Crippen molar-refractivity contribution in [3.63, 3.8) is 0 Å². The molecule has 12 atom stereocenters. The second kappa shape index (κ2) is 10.8. The number of ether oxygens (including phenoxy) is 4. The lowest BCUT2D eigenvalue weighted by molar-refractivity contribution is -0.306. The van der Waals surface area contributed by atoms with Gasteiger partial charge in [0.25, 0.3) is 0 Å². The van der Waals surface area contributed by atoms with Crippen LogP contribution in [0.5, 0.6) is 0 Å². The van der Waals surface area contributed by atoms with Gasteiger partial charge >= 0.3 is 0 Å². The SMILES string of the molecule is CNCC1CCC(N)C(OC2C(N)CC(N)C(OC3OC[C@](C)(O)C(NC)C3O)C2O)O1. The first kappa shape index (κ1) is 26.1. The zero-order valence-corrected chi connectivity index (χ0v) is 19.1. The molecule has 12 nitrogen and oxygen atoms in total. The third kappa shape index (κ3) is 5.59. The number of aliphatic hydroxyl groups excluding tert-OH is 2. The minimum Gasteiger partial charge on any atom is -0.388 e. The highest BCUT2D eigenvalue weighted by Crippen LogP contribution is 2.31. The van der Waals surface area contributed by atoms with Gasteiger partial charge in [-0.05, 0) is 40.3 Å². The molecule has 32 heavy (non-hydrogen) atoms. The van der Waals surface area contributed by atoms with E-state index in [1.807, 2.05) is 7.05 Å². The van der Waals surface area contributed by atoms with Crippen LogP contribution in [0.15, 0.2) is 0 Å². The summed E-state index contributed by atoms with van der Waals surface area (Å²) >= 11 is 0. The Morgan fingerprint density at radius 1 is 0.969 bits per heavy atom. The Labute approximate surface area is 189 Å². The van der Waals surface area contributed by atoms with Crippen LogP contribution in [0.25, 0.3) is 0 Å². The van der Waals surface area contributed by atoms with Crippen LogP contribution in [0.4, 0.5) is 0 Å². The lowest BCUT2D eigenvalue weighted by Gasteiger charge is -2.48. The van der Waals surface area contributed by atoms with Crippen LogP contribution in [0.1, 0.15) is 26.2 Å². The van der Waals surface area contributed by atoms with Gasteiger partial charge in [-0.1, -0.05) is 0 Å². The van der Waals surface area contributed by atoms with Crippen molar-refractivity contribution < 1.29 is 34.3 Å². The first-order valence-corrected chi connectivity index (χ1v) is 11.3. The van der Waals surface area contributed by atoms with E-state index >= 15 is 0 Å². The maximum Gasteiger partial charge on any atom is 0.185 e. The second-order valence-corrected chi connectivity index (χ2v) is 9.47. The summed E-state index contributed by atoms with van der Waals surface area (Å²) in [5.74, 6) is 0. The van der Waals surface area contributed by atoms with Crippen molar-refractivity contribution in [3.05, 3.63) is 0 Å². The number of nitrogens with one attached hydrogen (secondary N) is 2. The molecule has 1 saturated carbocycles. The molecule has 2 saturated heterocycles. The highest BCUT2D eigenvalue weighted by molar-refractivity contribution is 5.01. The summed E-state index contributed by atoms with van der Waals surface area (Å²) in [4.78, 5) is 0. The molecule has 0 aromatic rings. The van der Waals surface area contributed by atoms with Gasteiger partial charge in [0.2, 0.25) is 0 Å². The van der Waals surface area contributed by atoms with Crippen LogP contribution in [-0.2, 0) is 18.9 Å². The van der Waals surface area contributed by atoms with Crippen molar-refractivity contribution in [2.45, 2.75) is 99.1 Å². The molecule has 0 bridgehead atoms. The number of nitrogens with two attached hydrogens (primary N) is 3. The van der Waals surface area contributed by atoms with Crippen molar-refractivity contribution in [1.82, 2.24) is 10.6 Å². The van der Waals surface area contributed by atoms with E-state index in [0.717, 1.165) is 12.8 Å². The molecule has 0 aromatic heterocycles.